The second kappa shape index (κ2) is 13.5. The summed E-state index contributed by atoms with van der Waals surface area (Å²) >= 11 is 0. The van der Waals surface area contributed by atoms with Crippen LogP contribution >= 0.6 is 0 Å². The number of hydrogen-bond acceptors (Lipinski definition) is 5. The number of benzene rings is 4. The number of para-hydroxylation sites is 1. The summed E-state index contributed by atoms with van der Waals surface area (Å²) in [5.74, 6) is 2.87. The van der Waals surface area contributed by atoms with E-state index < -0.39 is 0 Å². The molecule has 7 aromatic rings. The van der Waals surface area contributed by atoms with Crippen LogP contribution in [-0.4, -0.2) is 21.2 Å². The van der Waals surface area contributed by atoms with E-state index in [0.717, 1.165) is 50.8 Å². The van der Waals surface area contributed by atoms with Crippen molar-refractivity contribution < 1.29 is 4.74 Å². The summed E-state index contributed by atoms with van der Waals surface area (Å²) in [4.78, 5) is 14.4. The van der Waals surface area contributed by atoms with Crippen LogP contribution in [0.25, 0.3) is 27.6 Å². The Balaban J connectivity index is 1.19. The average Bonchev–Trinajstić information content (AvgIpc) is 3.69. The van der Waals surface area contributed by atoms with Gasteiger partial charge < -0.3 is 14.5 Å². The van der Waals surface area contributed by atoms with Gasteiger partial charge in [0.15, 0.2) is 0 Å². The van der Waals surface area contributed by atoms with Crippen LogP contribution < -0.4 is 14.5 Å². The van der Waals surface area contributed by atoms with E-state index in [4.69, 9.17) is 9.72 Å². The van der Waals surface area contributed by atoms with Gasteiger partial charge in [0.1, 0.15) is 24.0 Å². The molecular weight excluding hydrogens is 687 g/mol. The molecular formula is C50H55N5O. The summed E-state index contributed by atoms with van der Waals surface area (Å²) in [5, 5.41) is 2.35. The van der Waals surface area contributed by atoms with Gasteiger partial charge in [-0.1, -0.05) is 113 Å². The van der Waals surface area contributed by atoms with Gasteiger partial charge in [0.25, 0.3) is 0 Å². The van der Waals surface area contributed by atoms with Crippen molar-refractivity contribution in [3.05, 3.63) is 138 Å². The zero-order valence-electron chi connectivity index (χ0n) is 34.9. The first-order chi connectivity index (χ1) is 26.5. The van der Waals surface area contributed by atoms with E-state index >= 15 is 0 Å². The lowest BCUT2D eigenvalue weighted by molar-refractivity contribution is 0.483. The molecule has 0 amide bonds. The Bertz CT molecular complexity index is 2560. The van der Waals surface area contributed by atoms with Crippen molar-refractivity contribution in [2.24, 2.45) is 0 Å². The van der Waals surface area contributed by atoms with Gasteiger partial charge in [-0.05, 0) is 92.9 Å². The molecule has 0 unspecified atom stereocenters. The van der Waals surface area contributed by atoms with E-state index in [0.29, 0.717) is 12.6 Å². The lowest BCUT2D eigenvalue weighted by atomic mass is 9.76. The van der Waals surface area contributed by atoms with Crippen molar-refractivity contribution in [3.8, 4) is 17.3 Å². The van der Waals surface area contributed by atoms with Crippen molar-refractivity contribution in [1.29, 1.82) is 0 Å². The SMILES string of the molecule is CC(C)c1cc(C(C)(C)C)c(N2CN(c3cccc(Oc4ccc5c6ccccc6n(-c6cc(C(C)(C)C)ccn6)c5c4)c3)c3cnccc32)c(C(C)(C)C)c1. The van der Waals surface area contributed by atoms with E-state index in [2.05, 4.69) is 187 Å². The van der Waals surface area contributed by atoms with Crippen molar-refractivity contribution in [1.82, 2.24) is 14.5 Å². The summed E-state index contributed by atoms with van der Waals surface area (Å²) in [7, 11) is 0. The van der Waals surface area contributed by atoms with Gasteiger partial charge in [-0.3, -0.25) is 9.55 Å². The smallest absolute Gasteiger partial charge is 0.137 e. The Morgan fingerprint density at radius 3 is 2.00 bits per heavy atom. The molecule has 0 radical (unpaired) electrons. The average molecular weight is 742 g/mol. The normalized spacial score (nSPS) is 13.6. The second-order valence-electron chi connectivity index (χ2n) is 18.8. The van der Waals surface area contributed by atoms with Crippen molar-refractivity contribution in [2.45, 2.75) is 98.3 Å². The first-order valence-electron chi connectivity index (χ1n) is 19.9. The molecule has 1 aliphatic heterocycles. The molecule has 0 saturated carbocycles. The number of ether oxygens (including phenoxy) is 1. The third kappa shape index (κ3) is 6.69. The number of hydrogen-bond donors (Lipinski definition) is 0. The van der Waals surface area contributed by atoms with E-state index in [9.17, 15) is 0 Å². The maximum Gasteiger partial charge on any atom is 0.137 e. The number of nitrogens with zero attached hydrogens (tertiary/aromatic N) is 5. The third-order valence-corrected chi connectivity index (χ3v) is 11.2. The Morgan fingerprint density at radius 2 is 1.30 bits per heavy atom. The van der Waals surface area contributed by atoms with Crippen molar-refractivity contribution >= 4 is 44.6 Å². The molecule has 8 rings (SSSR count). The second-order valence-corrected chi connectivity index (χ2v) is 18.8. The minimum Gasteiger partial charge on any atom is -0.457 e. The molecule has 0 fully saturated rings. The molecule has 56 heavy (non-hydrogen) atoms. The van der Waals surface area contributed by atoms with Gasteiger partial charge in [0.05, 0.1) is 34.3 Å². The maximum atomic E-state index is 6.72. The highest BCUT2D eigenvalue weighted by Crippen LogP contribution is 2.50. The molecule has 4 aromatic carbocycles. The lowest BCUT2D eigenvalue weighted by Gasteiger charge is -2.36. The minimum atomic E-state index is -0.0626. The standard InChI is InChI=1S/C50H55N5O/c1-32(2)33-25-40(49(6,7)8)47(41(26-33)50(9,10)11)54-31-53(45-30-51-23-22-43(45)54)35-15-14-16-36(28-35)56-37-19-20-39-38-17-12-13-18-42(38)55(44(39)29-37)46-27-34(21-24-52-46)48(3,4)5/h12-30,32H,31H2,1-11H3. The fourth-order valence-electron chi connectivity index (χ4n) is 8.06. The maximum absolute atomic E-state index is 6.72. The Morgan fingerprint density at radius 1 is 0.607 bits per heavy atom. The van der Waals surface area contributed by atoms with E-state index in [1.807, 2.05) is 24.7 Å². The van der Waals surface area contributed by atoms with Gasteiger partial charge in [0.2, 0.25) is 0 Å². The largest absolute Gasteiger partial charge is 0.457 e. The van der Waals surface area contributed by atoms with Crippen LogP contribution in [0.2, 0.25) is 0 Å². The van der Waals surface area contributed by atoms with Crippen molar-refractivity contribution in [2.75, 3.05) is 16.5 Å². The Labute approximate surface area is 332 Å². The lowest BCUT2D eigenvalue weighted by Crippen LogP contribution is -2.30. The summed E-state index contributed by atoms with van der Waals surface area (Å²) in [6.07, 6.45) is 5.83. The van der Waals surface area contributed by atoms with E-state index in [1.165, 1.54) is 33.3 Å². The molecule has 3 aromatic heterocycles. The predicted molar refractivity (Wildman–Crippen MR) is 235 cm³/mol. The van der Waals surface area contributed by atoms with Gasteiger partial charge >= 0.3 is 0 Å². The molecule has 0 aliphatic carbocycles. The first kappa shape index (κ1) is 37.3. The molecule has 0 atom stereocenters. The number of pyridine rings is 2. The minimum absolute atomic E-state index is 0.000828. The van der Waals surface area contributed by atoms with E-state index in [1.54, 1.807) is 0 Å². The third-order valence-electron chi connectivity index (χ3n) is 11.2. The zero-order valence-corrected chi connectivity index (χ0v) is 34.9. The van der Waals surface area contributed by atoms with Crippen LogP contribution in [0.4, 0.5) is 22.7 Å². The van der Waals surface area contributed by atoms with Gasteiger partial charge in [-0.15, -0.1) is 0 Å². The van der Waals surface area contributed by atoms with Gasteiger partial charge in [-0.2, -0.15) is 0 Å². The van der Waals surface area contributed by atoms with Crippen LogP contribution in [0.5, 0.6) is 11.5 Å². The summed E-state index contributed by atoms with van der Waals surface area (Å²) in [6, 6.07) is 34.7. The molecule has 6 heteroatoms. The van der Waals surface area contributed by atoms with Crippen LogP contribution in [0.3, 0.4) is 0 Å². The molecule has 0 spiro atoms. The highest BCUT2D eigenvalue weighted by atomic mass is 16.5. The van der Waals surface area contributed by atoms with E-state index in [-0.39, 0.29) is 16.2 Å². The Hall–Kier alpha value is -5.62. The summed E-state index contributed by atoms with van der Waals surface area (Å²) in [5.41, 5.74) is 12.0. The number of rotatable bonds is 6. The molecule has 0 bridgehead atoms. The monoisotopic (exact) mass is 741 g/mol. The van der Waals surface area contributed by atoms with Gasteiger partial charge in [0, 0.05) is 41.0 Å². The zero-order chi connectivity index (χ0) is 39.7. The number of fused-ring (bicyclic) bond motifs is 4. The Kier molecular flexibility index (Phi) is 9.02. The van der Waals surface area contributed by atoms with Gasteiger partial charge in [-0.25, -0.2) is 4.98 Å². The van der Waals surface area contributed by atoms with Crippen molar-refractivity contribution in [3.63, 3.8) is 0 Å². The fourth-order valence-corrected chi connectivity index (χ4v) is 8.06. The highest BCUT2D eigenvalue weighted by molar-refractivity contribution is 6.09. The number of anilines is 4. The summed E-state index contributed by atoms with van der Waals surface area (Å²) < 4.78 is 8.99. The first-order valence-corrected chi connectivity index (χ1v) is 19.9. The molecule has 6 nitrogen and oxygen atoms in total. The highest BCUT2D eigenvalue weighted by Gasteiger charge is 2.36. The molecule has 1 aliphatic rings. The quantitative estimate of drug-likeness (QED) is 0.170. The molecule has 4 heterocycles. The predicted octanol–water partition coefficient (Wildman–Crippen LogP) is 13.6. The summed E-state index contributed by atoms with van der Waals surface area (Å²) in [6.45, 7) is 26.0. The van der Waals surface area contributed by atoms with Crippen LogP contribution in [0.15, 0.2) is 116 Å². The topological polar surface area (TPSA) is 46.4 Å². The van der Waals surface area contributed by atoms with Crippen LogP contribution in [0.1, 0.15) is 104 Å². The fraction of sp³-hybridized carbons (Fsp3) is 0.320. The molecule has 0 N–H and O–H groups in total. The van der Waals surface area contributed by atoms with Crippen LogP contribution in [0, 0.1) is 0 Å². The molecule has 286 valence electrons. The number of aromatic nitrogens is 3. The van der Waals surface area contributed by atoms with Crippen LogP contribution in [-0.2, 0) is 16.2 Å². The molecule has 0 saturated heterocycles.